The molecule has 0 aliphatic heterocycles. The van der Waals surface area contributed by atoms with Crippen LogP contribution in [0.2, 0.25) is 0 Å². The topological polar surface area (TPSA) is 118 Å². The van der Waals surface area contributed by atoms with Crippen LogP contribution < -0.4 is 15.4 Å². The van der Waals surface area contributed by atoms with Gasteiger partial charge in [0.15, 0.2) is 5.13 Å². The minimum Gasteiger partial charge on any atom is -0.495 e. The lowest BCUT2D eigenvalue weighted by atomic mass is 10.1. The average Bonchev–Trinajstić information content (AvgIpc) is 2.93. The highest BCUT2D eigenvalue weighted by atomic mass is 32.1. The number of carbonyl (C=O) groups excluding carboxylic acids is 2. The van der Waals surface area contributed by atoms with E-state index >= 15 is 0 Å². The maximum Gasteiger partial charge on any atom is 0.307 e. The van der Waals surface area contributed by atoms with Gasteiger partial charge in [-0.25, -0.2) is 4.98 Å². The highest BCUT2D eigenvalue weighted by Gasteiger charge is 2.65. The predicted octanol–water partition coefficient (Wildman–Crippen LogP) is 2.70. The zero-order valence-corrected chi connectivity index (χ0v) is 15.8. The summed E-state index contributed by atoms with van der Waals surface area (Å²) in [6.07, 6.45) is 1.58. The number of aliphatic carboxylic acids is 1. The third-order valence-corrected chi connectivity index (χ3v) is 5.44. The van der Waals surface area contributed by atoms with Crippen molar-refractivity contribution in [3.8, 4) is 5.75 Å². The summed E-state index contributed by atoms with van der Waals surface area (Å²) >= 11 is 1.29. The molecule has 2 unspecified atom stereocenters. The van der Waals surface area contributed by atoms with Crippen LogP contribution >= 0.6 is 11.3 Å². The molecule has 0 spiro atoms. The Morgan fingerprint density at radius 1 is 1.22 bits per heavy atom. The molecule has 9 heteroatoms. The Hall–Kier alpha value is -2.94. The van der Waals surface area contributed by atoms with Gasteiger partial charge in [-0.15, -0.1) is 11.3 Å². The normalized spacial score (nSPS) is 19.8. The number of nitrogens with zero attached hydrogens (tertiary/aromatic N) is 1. The van der Waals surface area contributed by atoms with Crippen LogP contribution in [0.15, 0.2) is 29.8 Å². The molecule has 1 fully saturated rings. The first kappa shape index (κ1) is 18.8. The number of carboxylic acid groups (broad SMARTS) is 1. The number of carboxylic acids is 1. The molecule has 1 saturated carbocycles. The highest BCUT2D eigenvalue weighted by Crippen LogP contribution is 2.58. The second-order valence-corrected chi connectivity index (χ2v) is 7.71. The number of benzene rings is 1. The smallest absolute Gasteiger partial charge is 0.307 e. The maximum absolute atomic E-state index is 12.6. The molecule has 2 aromatic rings. The molecule has 1 aliphatic carbocycles. The van der Waals surface area contributed by atoms with Gasteiger partial charge >= 0.3 is 5.97 Å². The minimum absolute atomic E-state index is 0.307. The Morgan fingerprint density at radius 3 is 2.52 bits per heavy atom. The standard InChI is InChI=1S/C18H19N3O5S/c1-18(2)12(13(18)16(24)25)15(23)20-10-8-9(4-5-11(10)26-3)14(22)21-17-19-6-7-27-17/h4-8,12-13H,1-3H3,(H,20,23)(H,24,25)(H,19,21,22). The number of hydrogen-bond donors (Lipinski definition) is 3. The van der Waals surface area contributed by atoms with Crippen molar-refractivity contribution >= 4 is 39.9 Å². The third kappa shape index (κ3) is 3.63. The molecule has 2 amide bonds. The molecule has 3 rings (SSSR count). The molecule has 1 aromatic heterocycles. The first-order valence-electron chi connectivity index (χ1n) is 8.18. The second-order valence-electron chi connectivity index (χ2n) is 6.81. The molecular formula is C18H19N3O5S. The second kappa shape index (κ2) is 6.99. The van der Waals surface area contributed by atoms with Crippen molar-refractivity contribution in [1.82, 2.24) is 4.98 Å². The van der Waals surface area contributed by atoms with E-state index in [0.717, 1.165) is 0 Å². The number of carbonyl (C=O) groups is 3. The van der Waals surface area contributed by atoms with Gasteiger partial charge in [-0.2, -0.15) is 0 Å². The van der Waals surface area contributed by atoms with E-state index in [9.17, 15) is 19.5 Å². The molecule has 142 valence electrons. The van der Waals surface area contributed by atoms with Crippen molar-refractivity contribution in [3.05, 3.63) is 35.3 Å². The Morgan fingerprint density at radius 2 is 1.96 bits per heavy atom. The number of ether oxygens (including phenoxy) is 1. The highest BCUT2D eigenvalue weighted by molar-refractivity contribution is 7.13. The van der Waals surface area contributed by atoms with Gasteiger partial charge in [0.25, 0.3) is 5.91 Å². The van der Waals surface area contributed by atoms with E-state index in [1.165, 1.54) is 24.5 Å². The number of amides is 2. The van der Waals surface area contributed by atoms with E-state index in [-0.39, 0.29) is 5.91 Å². The molecule has 8 nitrogen and oxygen atoms in total. The van der Waals surface area contributed by atoms with Gasteiger partial charge in [0.2, 0.25) is 5.91 Å². The van der Waals surface area contributed by atoms with Crippen LogP contribution in [0.5, 0.6) is 5.75 Å². The molecule has 0 bridgehead atoms. The summed E-state index contributed by atoms with van der Waals surface area (Å²) in [6, 6.07) is 4.63. The fraction of sp³-hybridized carbons (Fsp3) is 0.333. The maximum atomic E-state index is 12.6. The lowest BCUT2D eigenvalue weighted by Crippen LogP contribution is -2.19. The monoisotopic (exact) mass is 389 g/mol. The number of rotatable bonds is 6. The van der Waals surface area contributed by atoms with E-state index in [1.807, 2.05) is 0 Å². The van der Waals surface area contributed by atoms with Gasteiger partial charge in [-0.1, -0.05) is 13.8 Å². The Kier molecular flexibility index (Phi) is 4.88. The van der Waals surface area contributed by atoms with E-state index in [4.69, 9.17) is 4.74 Å². The number of aromatic nitrogens is 1. The summed E-state index contributed by atoms with van der Waals surface area (Å²) in [5, 5.41) is 16.8. The van der Waals surface area contributed by atoms with E-state index in [1.54, 1.807) is 37.6 Å². The largest absolute Gasteiger partial charge is 0.495 e. The van der Waals surface area contributed by atoms with Crippen molar-refractivity contribution in [2.45, 2.75) is 13.8 Å². The van der Waals surface area contributed by atoms with Crippen LogP contribution in [-0.2, 0) is 9.59 Å². The van der Waals surface area contributed by atoms with Gasteiger partial charge in [-0.3, -0.25) is 19.7 Å². The molecule has 0 saturated heterocycles. The van der Waals surface area contributed by atoms with E-state index in [0.29, 0.717) is 22.1 Å². The van der Waals surface area contributed by atoms with E-state index < -0.39 is 29.1 Å². The van der Waals surface area contributed by atoms with Crippen molar-refractivity contribution in [3.63, 3.8) is 0 Å². The molecule has 0 radical (unpaired) electrons. The van der Waals surface area contributed by atoms with Crippen LogP contribution in [0.3, 0.4) is 0 Å². The van der Waals surface area contributed by atoms with Gasteiger partial charge in [0, 0.05) is 17.1 Å². The van der Waals surface area contributed by atoms with Gasteiger partial charge in [-0.05, 0) is 23.6 Å². The zero-order valence-electron chi connectivity index (χ0n) is 15.0. The first-order chi connectivity index (χ1) is 12.8. The lowest BCUT2D eigenvalue weighted by molar-refractivity contribution is -0.140. The van der Waals surface area contributed by atoms with Crippen LogP contribution in [0.1, 0.15) is 24.2 Å². The number of nitrogens with one attached hydrogen (secondary N) is 2. The molecule has 3 N–H and O–H groups in total. The number of methoxy groups -OCH3 is 1. The van der Waals surface area contributed by atoms with Gasteiger partial charge in [0.05, 0.1) is 24.6 Å². The average molecular weight is 389 g/mol. The summed E-state index contributed by atoms with van der Waals surface area (Å²) in [5.41, 5.74) is -0.00420. The quantitative estimate of drug-likeness (QED) is 0.699. The summed E-state index contributed by atoms with van der Waals surface area (Å²) in [6.45, 7) is 3.48. The Labute approximate surface area is 159 Å². The van der Waals surface area contributed by atoms with Crippen molar-refractivity contribution in [2.75, 3.05) is 17.7 Å². The van der Waals surface area contributed by atoms with Crippen LogP contribution in [0, 0.1) is 17.3 Å². The first-order valence-corrected chi connectivity index (χ1v) is 9.06. The molecular weight excluding hydrogens is 370 g/mol. The van der Waals surface area contributed by atoms with Crippen LogP contribution in [0.25, 0.3) is 0 Å². The summed E-state index contributed by atoms with van der Waals surface area (Å²) in [7, 11) is 1.45. The lowest BCUT2D eigenvalue weighted by Gasteiger charge is -2.12. The van der Waals surface area contributed by atoms with Crippen molar-refractivity contribution in [2.24, 2.45) is 17.3 Å². The zero-order chi connectivity index (χ0) is 19.8. The minimum atomic E-state index is -0.997. The number of hydrogen-bond acceptors (Lipinski definition) is 6. The third-order valence-electron chi connectivity index (χ3n) is 4.75. The van der Waals surface area contributed by atoms with Gasteiger partial charge in [0.1, 0.15) is 5.75 Å². The van der Waals surface area contributed by atoms with Gasteiger partial charge < -0.3 is 15.2 Å². The fourth-order valence-electron chi connectivity index (χ4n) is 3.20. The summed E-state index contributed by atoms with van der Waals surface area (Å²) in [5.74, 6) is -2.79. The Balaban J connectivity index is 1.79. The summed E-state index contributed by atoms with van der Waals surface area (Å²) < 4.78 is 5.24. The molecule has 2 atom stereocenters. The molecule has 1 heterocycles. The SMILES string of the molecule is COc1ccc(C(=O)Nc2nccs2)cc1NC(=O)C1C(C(=O)O)C1(C)C. The van der Waals surface area contributed by atoms with E-state index in [2.05, 4.69) is 15.6 Å². The molecule has 27 heavy (non-hydrogen) atoms. The van der Waals surface area contributed by atoms with Crippen molar-refractivity contribution in [1.29, 1.82) is 0 Å². The fourth-order valence-corrected chi connectivity index (χ4v) is 3.72. The Bertz CT molecular complexity index is 894. The van der Waals surface area contributed by atoms with Crippen molar-refractivity contribution < 1.29 is 24.2 Å². The summed E-state index contributed by atoms with van der Waals surface area (Å²) in [4.78, 5) is 40.2. The van der Waals surface area contributed by atoms with Crippen LogP contribution in [-0.4, -0.2) is 35.0 Å². The molecule has 1 aromatic carbocycles. The van der Waals surface area contributed by atoms with Crippen LogP contribution in [0.4, 0.5) is 10.8 Å². The molecule has 1 aliphatic rings. The number of anilines is 2. The number of thiazole rings is 1. The predicted molar refractivity (Wildman–Crippen MR) is 100 cm³/mol.